The Morgan fingerprint density at radius 3 is 1.78 bits per heavy atom. The minimum Gasteiger partial charge on any atom is -0.508 e. The molecule has 0 heterocycles. The van der Waals surface area contributed by atoms with E-state index in [0.717, 1.165) is 0 Å². The number of carbonyl (C=O) groups excluding carboxylic acids is 3. The molecule has 0 saturated heterocycles. The number of rotatable bonds is 18. The van der Waals surface area contributed by atoms with Crippen LogP contribution in [0.2, 0.25) is 0 Å². The Morgan fingerprint density at radius 2 is 1.27 bits per heavy atom. The zero-order valence-electron chi connectivity index (χ0n) is 22.5. The highest BCUT2D eigenvalue weighted by molar-refractivity contribution is 7.80. The number of thiol groups is 1. The van der Waals surface area contributed by atoms with E-state index >= 15 is 0 Å². The van der Waals surface area contributed by atoms with Gasteiger partial charge >= 0.3 is 5.97 Å². The smallest absolute Gasteiger partial charge is 0.326 e. The van der Waals surface area contributed by atoms with Gasteiger partial charge in [-0.3, -0.25) is 24.4 Å². The molecule has 0 aliphatic rings. The van der Waals surface area contributed by atoms with Crippen molar-refractivity contribution in [3.63, 3.8) is 0 Å². The molecule has 3 amide bonds. The van der Waals surface area contributed by atoms with E-state index in [1.54, 1.807) is 0 Å². The van der Waals surface area contributed by atoms with E-state index in [2.05, 4.69) is 38.6 Å². The summed E-state index contributed by atoms with van der Waals surface area (Å²) in [4.78, 5) is 58.2. The molecule has 1 aromatic carbocycles. The van der Waals surface area contributed by atoms with Crippen molar-refractivity contribution in [1.29, 1.82) is 0 Å². The van der Waals surface area contributed by atoms with Crippen LogP contribution in [0.3, 0.4) is 0 Å². The first-order valence-corrected chi connectivity index (χ1v) is 13.4. The average molecular weight is 597 g/mol. The molecular weight excluding hydrogens is 556 g/mol. The first-order valence-electron chi connectivity index (χ1n) is 12.7. The van der Waals surface area contributed by atoms with E-state index in [4.69, 9.17) is 28.7 Å². The van der Waals surface area contributed by atoms with Gasteiger partial charge in [0.25, 0.3) is 0 Å². The third kappa shape index (κ3) is 14.1. The summed E-state index contributed by atoms with van der Waals surface area (Å²) in [7, 11) is 0. The topological polar surface area (TPSA) is 300 Å². The second-order valence-corrected chi connectivity index (χ2v) is 9.44. The number of nitrogens with two attached hydrogens (primary N) is 5. The number of amides is 3. The van der Waals surface area contributed by atoms with Crippen LogP contribution in [0.1, 0.15) is 31.2 Å². The van der Waals surface area contributed by atoms with Crippen molar-refractivity contribution >= 4 is 48.2 Å². The number of aliphatic carboxylic acids is 1. The number of hydrogen-bond donors (Lipinski definition) is 11. The lowest BCUT2D eigenvalue weighted by atomic mass is 10.0. The van der Waals surface area contributed by atoms with Gasteiger partial charge in [-0.25, -0.2) is 4.79 Å². The number of benzene rings is 1. The highest BCUT2D eigenvalue weighted by Gasteiger charge is 2.30. The van der Waals surface area contributed by atoms with Crippen LogP contribution >= 0.6 is 12.6 Å². The summed E-state index contributed by atoms with van der Waals surface area (Å²) in [6, 6.07) is 1.22. The fourth-order valence-electron chi connectivity index (χ4n) is 3.51. The summed E-state index contributed by atoms with van der Waals surface area (Å²) < 4.78 is 0. The molecule has 1 aromatic rings. The Morgan fingerprint density at radius 1 is 0.780 bits per heavy atom. The lowest BCUT2D eigenvalue weighted by Crippen LogP contribution is -2.57. The Hall–Kier alpha value is -4.25. The molecule has 0 aromatic heterocycles. The predicted molar refractivity (Wildman–Crippen MR) is 157 cm³/mol. The molecule has 0 fully saturated rings. The van der Waals surface area contributed by atoms with E-state index in [-0.39, 0.29) is 62.2 Å². The number of carboxylic acid groups (broad SMARTS) is 1. The summed E-state index contributed by atoms with van der Waals surface area (Å²) in [5.41, 5.74) is 27.6. The molecule has 16 nitrogen and oxygen atoms in total. The quantitative estimate of drug-likeness (QED) is 0.0348. The monoisotopic (exact) mass is 596 g/mol. The van der Waals surface area contributed by atoms with Crippen LogP contribution in [0.5, 0.6) is 5.75 Å². The largest absolute Gasteiger partial charge is 0.508 e. The number of aromatic hydroxyl groups is 1. The zero-order chi connectivity index (χ0) is 30.9. The normalized spacial score (nSPS) is 13.5. The number of phenols is 1. The fraction of sp³-hybridized carbons (Fsp3) is 0.500. The van der Waals surface area contributed by atoms with Crippen molar-refractivity contribution in [1.82, 2.24) is 16.0 Å². The molecule has 4 atom stereocenters. The van der Waals surface area contributed by atoms with Crippen molar-refractivity contribution < 1.29 is 29.4 Å². The Bertz CT molecular complexity index is 1080. The number of aliphatic imine (C=N–C) groups is 2. The Kier molecular flexibility index (Phi) is 15.4. The molecular formula is C24H40N10O6S. The maximum atomic E-state index is 13.1. The van der Waals surface area contributed by atoms with E-state index in [1.807, 2.05) is 0 Å². The van der Waals surface area contributed by atoms with Crippen molar-refractivity contribution in [3.05, 3.63) is 29.8 Å². The number of carbonyl (C=O) groups is 4. The predicted octanol–water partition coefficient (Wildman–Crippen LogP) is -3.16. The number of nitrogens with zero attached hydrogens (tertiary/aromatic N) is 2. The van der Waals surface area contributed by atoms with E-state index in [0.29, 0.717) is 12.0 Å². The molecule has 41 heavy (non-hydrogen) atoms. The van der Waals surface area contributed by atoms with Crippen molar-refractivity contribution in [2.45, 2.75) is 56.3 Å². The van der Waals surface area contributed by atoms with Crippen LogP contribution < -0.4 is 44.6 Å². The minimum atomic E-state index is -1.33. The Balaban J connectivity index is 2.93. The molecule has 0 aliphatic carbocycles. The maximum absolute atomic E-state index is 13.1. The van der Waals surface area contributed by atoms with E-state index in [9.17, 15) is 29.4 Å². The molecule has 15 N–H and O–H groups in total. The molecule has 228 valence electrons. The fourth-order valence-corrected chi connectivity index (χ4v) is 3.77. The maximum Gasteiger partial charge on any atom is 0.326 e. The minimum absolute atomic E-state index is 0.00551. The summed E-state index contributed by atoms with van der Waals surface area (Å²) in [6.45, 7) is 0.430. The number of carboxylic acids is 1. The van der Waals surface area contributed by atoms with Gasteiger partial charge in [-0.1, -0.05) is 12.1 Å². The third-order valence-electron chi connectivity index (χ3n) is 5.69. The second kappa shape index (κ2) is 18.2. The van der Waals surface area contributed by atoms with Crippen LogP contribution in [0.15, 0.2) is 34.3 Å². The SMILES string of the molecule is NC(N)=NCCCC(N)C(=O)NC(CS)C(=O)NC(CCCN=C(N)N)C(=O)NC(Cc1ccc(O)cc1)C(=O)O. The molecule has 0 aliphatic heterocycles. The second-order valence-electron chi connectivity index (χ2n) is 9.08. The highest BCUT2D eigenvalue weighted by Crippen LogP contribution is 2.12. The van der Waals surface area contributed by atoms with Crippen LogP contribution in [0, 0.1) is 0 Å². The number of phenolic OH excluding ortho intramolecular Hbond substituents is 1. The third-order valence-corrected chi connectivity index (χ3v) is 6.05. The summed E-state index contributed by atoms with van der Waals surface area (Å²) >= 11 is 4.13. The first-order chi connectivity index (χ1) is 19.3. The standard InChI is InChI=1S/C24H40N10O6S/c25-15(3-1-9-30-23(26)27)19(36)34-18(12-41)21(38)32-16(4-2-10-31-24(28)29)20(37)33-17(22(39)40)11-13-5-7-14(35)8-6-13/h5-8,15-18,35,41H,1-4,9-12,25H2,(H,32,38)(H,33,37)(H,34,36)(H,39,40)(H4,26,27,30)(H4,28,29,31). The summed E-state index contributed by atoms with van der Waals surface area (Å²) in [5.74, 6) is -3.75. The summed E-state index contributed by atoms with van der Waals surface area (Å²) in [5, 5.41) is 26.6. The number of guanidine groups is 2. The number of hydrogen-bond acceptors (Lipinski definition) is 9. The Labute approximate surface area is 243 Å². The molecule has 0 spiro atoms. The highest BCUT2D eigenvalue weighted by atomic mass is 32.1. The van der Waals surface area contributed by atoms with Gasteiger partial charge in [0.15, 0.2) is 11.9 Å². The van der Waals surface area contributed by atoms with Gasteiger partial charge < -0.3 is 54.8 Å². The lowest BCUT2D eigenvalue weighted by Gasteiger charge is -2.24. The van der Waals surface area contributed by atoms with Gasteiger partial charge in [0.2, 0.25) is 17.7 Å². The van der Waals surface area contributed by atoms with Crippen LogP contribution in [-0.4, -0.2) is 88.8 Å². The van der Waals surface area contributed by atoms with Gasteiger partial charge in [-0.05, 0) is 43.4 Å². The van der Waals surface area contributed by atoms with Gasteiger partial charge in [-0.2, -0.15) is 12.6 Å². The van der Waals surface area contributed by atoms with Crippen LogP contribution in [0.25, 0.3) is 0 Å². The number of nitrogens with one attached hydrogen (secondary N) is 3. The van der Waals surface area contributed by atoms with Crippen molar-refractivity contribution in [3.8, 4) is 5.75 Å². The molecule has 0 saturated carbocycles. The van der Waals surface area contributed by atoms with Gasteiger partial charge in [0, 0.05) is 25.3 Å². The average Bonchev–Trinajstić information content (AvgIpc) is 2.91. The molecule has 0 radical (unpaired) electrons. The molecule has 1 rings (SSSR count). The van der Waals surface area contributed by atoms with Crippen molar-refractivity contribution in [2.24, 2.45) is 38.7 Å². The van der Waals surface area contributed by atoms with Crippen molar-refractivity contribution in [2.75, 3.05) is 18.8 Å². The summed E-state index contributed by atoms with van der Waals surface area (Å²) in [6.07, 6.45) is 0.919. The van der Waals surface area contributed by atoms with Crippen LogP contribution in [-0.2, 0) is 25.6 Å². The van der Waals surface area contributed by atoms with E-state index in [1.165, 1.54) is 24.3 Å². The van der Waals surface area contributed by atoms with Gasteiger partial charge in [-0.15, -0.1) is 0 Å². The van der Waals surface area contributed by atoms with Gasteiger partial charge in [0.1, 0.15) is 23.9 Å². The molecule has 17 heteroatoms. The van der Waals surface area contributed by atoms with E-state index < -0.39 is 47.9 Å². The van der Waals surface area contributed by atoms with Crippen LogP contribution in [0.4, 0.5) is 0 Å². The lowest BCUT2D eigenvalue weighted by molar-refractivity contribution is -0.142. The molecule has 0 bridgehead atoms. The van der Waals surface area contributed by atoms with Gasteiger partial charge in [0.05, 0.1) is 6.04 Å². The molecule has 4 unspecified atom stereocenters. The zero-order valence-corrected chi connectivity index (χ0v) is 23.4. The first kappa shape index (κ1) is 34.8.